The maximum atomic E-state index is 12.1. The molecule has 0 aliphatic rings. The van der Waals surface area contributed by atoms with Crippen molar-refractivity contribution in [3.05, 3.63) is 72.1 Å². The van der Waals surface area contributed by atoms with Crippen LogP contribution in [0.3, 0.4) is 0 Å². The average molecular weight is 393 g/mol. The van der Waals surface area contributed by atoms with Crippen LogP contribution in [0.1, 0.15) is 11.3 Å². The lowest BCUT2D eigenvalue weighted by Gasteiger charge is -2.07. The van der Waals surface area contributed by atoms with Gasteiger partial charge in [-0.15, -0.1) is 0 Å². The standard InChI is InChI=1S/C22H23N3O4/c1-27-19-8-6-18(7-9-19)25-13-12-17(24-25)15-23-22(26)11-5-16-4-10-20(28-2)21(14-16)29-3/h4-14H,15H2,1-3H3,(H,23,26)/b11-5+. The van der Waals surface area contributed by atoms with E-state index in [0.717, 1.165) is 22.7 Å². The summed E-state index contributed by atoms with van der Waals surface area (Å²) in [5.74, 6) is 1.83. The van der Waals surface area contributed by atoms with Gasteiger partial charge in [0.1, 0.15) is 5.75 Å². The van der Waals surface area contributed by atoms with Crippen LogP contribution in [0, 0.1) is 0 Å². The number of methoxy groups -OCH3 is 3. The highest BCUT2D eigenvalue weighted by atomic mass is 16.5. The molecule has 7 heteroatoms. The first kappa shape index (κ1) is 20.0. The maximum Gasteiger partial charge on any atom is 0.244 e. The molecule has 0 saturated carbocycles. The van der Waals surface area contributed by atoms with Crippen LogP contribution in [0.2, 0.25) is 0 Å². The third-order valence-corrected chi connectivity index (χ3v) is 4.26. The second kappa shape index (κ2) is 9.45. The first-order valence-corrected chi connectivity index (χ1v) is 9.00. The Balaban J connectivity index is 1.57. The molecule has 3 aromatic rings. The van der Waals surface area contributed by atoms with E-state index < -0.39 is 0 Å². The molecule has 0 aliphatic carbocycles. The molecule has 1 heterocycles. The summed E-state index contributed by atoms with van der Waals surface area (Å²) < 4.78 is 17.4. The van der Waals surface area contributed by atoms with Crippen molar-refractivity contribution in [3.8, 4) is 22.9 Å². The van der Waals surface area contributed by atoms with E-state index in [2.05, 4.69) is 10.4 Å². The molecule has 1 aromatic heterocycles. The van der Waals surface area contributed by atoms with E-state index in [9.17, 15) is 4.79 Å². The Morgan fingerprint density at radius 2 is 1.76 bits per heavy atom. The summed E-state index contributed by atoms with van der Waals surface area (Å²) in [5.41, 5.74) is 2.51. The molecule has 0 bridgehead atoms. The molecule has 0 fully saturated rings. The fourth-order valence-corrected chi connectivity index (χ4v) is 2.70. The van der Waals surface area contributed by atoms with Gasteiger partial charge >= 0.3 is 0 Å². The van der Waals surface area contributed by atoms with Crippen molar-refractivity contribution in [1.82, 2.24) is 15.1 Å². The minimum absolute atomic E-state index is 0.209. The third kappa shape index (κ3) is 5.16. The van der Waals surface area contributed by atoms with Crippen molar-refractivity contribution in [2.45, 2.75) is 6.54 Å². The fourth-order valence-electron chi connectivity index (χ4n) is 2.70. The minimum Gasteiger partial charge on any atom is -0.497 e. The lowest BCUT2D eigenvalue weighted by atomic mass is 10.2. The summed E-state index contributed by atoms with van der Waals surface area (Å²) in [7, 11) is 4.78. The predicted octanol–water partition coefficient (Wildman–Crippen LogP) is 3.23. The van der Waals surface area contributed by atoms with Crippen LogP contribution in [0.15, 0.2) is 60.8 Å². The van der Waals surface area contributed by atoms with Crippen LogP contribution in [-0.2, 0) is 11.3 Å². The highest BCUT2D eigenvalue weighted by molar-refractivity contribution is 5.91. The van der Waals surface area contributed by atoms with Gasteiger partial charge in [0.25, 0.3) is 0 Å². The molecule has 2 aromatic carbocycles. The number of hydrogen-bond acceptors (Lipinski definition) is 5. The molecule has 0 spiro atoms. The third-order valence-electron chi connectivity index (χ3n) is 4.26. The summed E-state index contributed by atoms with van der Waals surface area (Å²) >= 11 is 0. The summed E-state index contributed by atoms with van der Waals surface area (Å²) in [4.78, 5) is 12.1. The van der Waals surface area contributed by atoms with Crippen LogP contribution in [0.5, 0.6) is 17.2 Å². The second-order valence-electron chi connectivity index (χ2n) is 6.12. The molecule has 1 N–H and O–H groups in total. The number of carbonyl (C=O) groups is 1. The number of carbonyl (C=O) groups excluding carboxylic acids is 1. The fraction of sp³-hybridized carbons (Fsp3) is 0.182. The number of benzene rings is 2. The van der Waals surface area contributed by atoms with Crippen molar-refractivity contribution in [2.75, 3.05) is 21.3 Å². The van der Waals surface area contributed by atoms with Gasteiger partial charge in [-0.05, 0) is 54.1 Å². The Kier molecular flexibility index (Phi) is 6.52. The average Bonchev–Trinajstić information content (AvgIpc) is 3.25. The second-order valence-corrected chi connectivity index (χ2v) is 6.12. The van der Waals surface area contributed by atoms with E-state index in [1.54, 1.807) is 44.2 Å². The van der Waals surface area contributed by atoms with Crippen LogP contribution < -0.4 is 19.5 Å². The molecule has 0 atom stereocenters. The Morgan fingerprint density at radius 1 is 1.00 bits per heavy atom. The van der Waals surface area contributed by atoms with Gasteiger partial charge in [0.2, 0.25) is 5.91 Å². The van der Waals surface area contributed by atoms with Crippen LogP contribution >= 0.6 is 0 Å². The van der Waals surface area contributed by atoms with Gasteiger partial charge in [-0.25, -0.2) is 4.68 Å². The monoisotopic (exact) mass is 393 g/mol. The minimum atomic E-state index is -0.209. The molecule has 0 saturated heterocycles. The number of rotatable bonds is 8. The molecule has 3 rings (SSSR count). The summed E-state index contributed by atoms with van der Waals surface area (Å²) in [6.07, 6.45) is 5.04. The van der Waals surface area contributed by atoms with Crippen LogP contribution in [0.25, 0.3) is 11.8 Å². The number of ether oxygens (including phenoxy) is 3. The summed E-state index contributed by atoms with van der Waals surface area (Å²) in [5, 5.41) is 7.30. The zero-order valence-electron chi connectivity index (χ0n) is 16.6. The van der Waals surface area contributed by atoms with Gasteiger partial charge < -0.3 is 19.5 Å². The first-order chi connectivity index (χ1) is 14.1. The molecule has 7 nitrogen and oxygen atoms in total. The van der Waals surface area contributed by atoms with Crippen molar-refractivity contribution in [2.24, 2.45) is 0 Å². The summed E-state index contributed by atoms with van der Waals surface area (Å²) in [6.45, 7) is 0.332. The summed E-state index contributed by atoms with van der Waals surface area (Å²) in [6, 6.07) is 14.9. The van der Waals surface area contributed by atoms with Crippen LogP contribution in [-0.4, -0.2) is 37.0 Å². The lowest BCUT2D eigenvalue weighted by Crippen LogP contribution is -2.20. The predicted molar refractivity (Wildman–Crippen MR) is 111 cm³/mol. The van der Waals surface area contributed by atoms with Gasteiger partial charge in [-0.2, -0.15) is 5.10 Å². The molecular formula is C22H23N3O4. The normalized spacial score (nSPS) is 10.7. The first-order valence-electron chi connectivity index (χ1n) is 9.00. The number of nitrogens with one attached hydrogen (secondary N) is 1. The zero-order chi connectivity index (χ0) is 20.6. The molecule has 0 radical (unpaired) electrons. The Bertz CT molecular complexity index is 994. The number of aromatic nitrogens is 2. The smallest absolute Gasteiger partial charge is 0.244 e. The van der Waals surface area contributed by atoms with Crippen molar-refractivity contribution < 1.29 is 19.0 Å². The number of hydrogen-bond donors (Lipinski definition) is 1. The highest BCUT2D eigenvalue weighted by Gasteiger charge is 2.05. The quantitative estimate of drug-likeness (QED) is 0.595. The number of nitrogens with zero attached hydrogens (tertiary/aromatic N) is 2. The van der Waals surface area contributed by atoms with E-state index in [-0.39, 0.29) is 5.91 Å². The molecule has 0 unspecified atom stereocenters. The zero-order valence-corrected chi connectivity index (χ0v) is 16.6. The van der Waals surface area contributed by atoms with Crippen molar-refractivity contribution in [3.63, 3.8) is 0 Å². The molecule has 150 valence electrons. The van der Waals surface area contributed by atoms with Gasteiger partial charge in [0.15, 0.2) is 11.5 Å². The lowest BCUT2D eigenvalue weighted by molar-refractivity contribution is -0.116. The van der Waals surface area contributed by atoms with Gasteiger partial charge in [0, 0.05) is 12.3 Å². The number of amides is 1. The van der Waals surface area contributed by atoms with Crippen molar-refractivity contribution in [1.29, 1.82) is 0 Å². The maximum absolute atomic E-state index is 12.1. The molecular weight excluding hydrogens is 370 g/mol. The van der Waals surface area contributed by atoms with E-state index in [4.69, 9.17) is 14.2 Å². The van der Waals surface area contributed by atoms with E-state index in [1.807, 2.05) is 42.6 Å². The van der Waals surface area contributed by atoms with E-state index in [0.29, 0.717) is 18.0 Å². The molecule has 1 amide bonds. The molecule has 0 aliphatic heterocycles. The van der Waals surface area contributed by atoms with E-state index in [1.165, 1.54) is 6.08 Å². The van der Waals surface area contributed by atoms with Crippen molar-refractivity contribution >= 4 is 12.0 Å². The van der Waals surface area contributed by atoms with Gasteiger partial charge in [0.05, 0.1) is 39.3 Å². The largest absolute Gasteiger partial charge is 0.497 e. The SMILES string of the molecule is COc1ccc(-n2ccc(CNC(=O)/C=C/c3ccc(OC)c(OC)c3)n2)cc1. The van der Waals surface area contributed by atoms with Crippen LogP contribution in [0.4, 0.5) is 0 Å². The highest BCUT2D eigenvalue weighted by Crippen LogP contribution is 2.27. The Morgan fingerprint density at radius 3 is 2.45 bits per heavy atom. The Labute approximate surface area is 169 Å². The van der Waals surface area contributed by atoms with Gasteiger partial charge in [-0.3, -0.25) is 4.79 Å². The molecule has 29 heavy (non-hydrogen) atoms. The Hall–Kier alpha value is -3.74. The van der Waals surface area contributed by atoms with Gasteiger partial charge in [-0.1, -0.05) is 6.07 Å². The van der Waals surface area contributed by atoms with E-state index >= 15 is 0 Å². The topological polar surface area (TPSA) is 74.6 Å².